The molecule has 16 heavy (non-hydrogen) atoms. The van der Waals surface area contributed by atoms with Crippen LogP contribution in [0.15, 0.2) is 24.3 Å². The van der Waals surface area contributed by atoms with Crippen LogP contribution < -0.4 is 5.32 Å². The molecule has 1 aromatic carbocycles. The summed E-state index contributed by atoms with van der Waals surface area (Å²) in [7, 11) is 0. The number of rotatable bonds is 6. The molecule has 1 aromatic rings. The number of halogens is 1. The summed E-state index contributed by atoms with van der Waals surface area (Å²) in [6, 6.07) is 6.52. The summed E-state index contributed by atoms with van der Waals surface area (Å²) in [5, 5.41) is 11.2. The average Bonchev–Trinajstić information content (AvgIpc) is 2.29. The first-order valence-electron chi connectivity index (χ1n) is 5.35. The maximum atomic E-state index is 13.2. The fourth-order valence-electron chi connectivity index (χ4n) is 1.37. The molecule has 3 nitrogen and oxygen atoms in total. The number of aliphatic hydroxyl groups is 1. The van der Waals surface area contributed by atoms with Gasteiger partial charge in [-0.25, -0.2) is 4.39 Å². The van der Waals surface area contributed by atoms with Gasteiger partial charge in [0.1, 0.15) is 5.82 Å². The SMILES string of the molecule is O=C(CCCO)NCCc1ccccc1F. The fourth-order valence-corrected chi connectivity index (χ4v) is 1.37. The van der Waals surface area contributed by atoms with Crippen LogP contribution >= 0.6 is 0 Å². The summed E-state index contributed by atoms with van der Waals surface area (Å²) in [5.74, 6) is -0.350. The smallest absolute Gasteiger partial charge is 0.220 e. The van der Waals surface area contributed by atoms with Gasteiger partial charge in [0, 0.05) is 19.6 Å². The van der Waals surface area contributed by atoms with Crippen LogP contribution in [0.1, 0.15) is 18.4 Å². The Bertz CT molecular complexity index is 342. The standard InChI is InChI=1S/C12H16FNO2/c13-11-5-2-1-4-10(11)7-8-14-12(16)6-3-9-15/h1-2,4-5,15H,3,6-9H2,(H,14,16). The molecule has 0 fully saturated rings. The van der Waals surface area contributed by atoms with E-state index in [4.69, 9.17) is 5.11 Å². The summed E-state index contributed by atoms with van der Waals surface area (Å²) >= 11 is 0. The third-order valence-corrected chi connectivity index (χ3v) is 2.24. The lowest BCUT2D eigenvalue weighted by atomic mass is 10.1. The van der Waals surface area contributed by atoms with Crippen molar-refractivity contribution >= 4 is 5.91 Å². The van der Waals surface area contributed by atoms with Gasteiger partial charge >= 0.3 is 0 Å². The van der Waals surface area contributed by atoms with E-state index in [1.165, 1.54) is 6.07 Å². The number of hydrogen-bond acceptors (Lipinski definition) is 2. The number of nitrogens with one attached hydrogen (secondary N) is 1. The molecule has 4 heteroatoms. The number of carbonyl (C=O) groups excluding carboxylic acids is 1. The molecule has 1 rings (SSSR count). The van der Waals surface area contributed by atoms with Crippen molar-refractivity contribution in [2.24, 2.45) is 0 Å². The van der Waals surface area contributed by atoms with Gasteiger partial charge in [-0.3, -0.25) is 4.79 Å². The van der Waals surface area contributed by atoms with Gasteiger partial charge < -0.3 is 10.4 Å². The molecule has 0 saturated heterocycles. The molecular formula is C12H16FNO2. The highest BCUT2D eigenvalue weighted by Crippen LogP contribution is 2.06. The maximum absolute atomic E-state index is 13.2. The molecule has 0 aliphatic carbocycles. The van der Waals surface area contributed by atoms with E-state index in [9.17, 15) is 9.18 Å². The summed E-state index contributed by atoms with van der Waals surface area (Å²) in [6.45, 7) is 0.436. The Morgan fingerprint density at radius 1 is 1.38 bits per heavy atom. The van der Waals surface area contributed by atoms with Crippen LogP contribution in [-0.4, -0.2) is 24.2 Å². The summed E-state index contributed by atoms with van der Waals surface area (Å²) in [4.78, 5) is 11.2. The highest BCUT2D eigenvalue weighted by atomic mass is 19.1. The van der Waals surface area contributed by atoms with E-state index in [0.717, 1.165) is 0 Å². The van der Waals surface area contributed by atoms with Crippen molar-refractivity contribution in [1.29, 1.82) is 0 Å². The molecule has 0 heterocycles. The Morgan fingerprint density at radius 3 is 2.81 bits per heavy atom. The van der Waals surface area contributed by atoms with Gasteiger partial charge in [0.25, 0.3) is 0 Å². The summed E-state index contributed by atoms with van der Waals surface area (Å²) in [5.41, 5.74) is 0.602. The van der Waals surface area contributed by atoms with Crippen molar-refractivity contribution in [2.45, 2.75) is 19.3 Å². The third kappa shape index (κ3) is 4.40. The lowest BCUT2D eigenvalue weighted by Gasteiger charge is -2.05. The van der Waals surface area contributed by atoms with E-state index in [0.29, 0.717) is 31.4 Å². The van der Waals surface area contributed by atoms with Crippen molar-refractivity contribution < 1.29 is 14.3 Å². The Labute approximate surface area is 94.3 Å². The van der Waals surface area contributed by atoms with Crippen molar-refractivity contribution in [3.63, 3.8) is 0 Å². The predicted octanol–water partition coefficient (Wildman–Crippen LogP) is 1.26. The molecule has 1 amide bonds. The van der Waals surface area contributed by atoms with Crippen molar-refractivity contribution in [3.8, 4) is 0 Å². The van der Waals surface area contributed by atoms with Crippen LogP contribution in [-0.2, 0) is 11.2 Å². The molecule has 0 spiro atoms. The molecule has 88 valence electrons. The fraction of sp³-hybridized carbons (Fsp3) is 0.417. The van der Waals surface area contributed by atoms with Crippen LogP contribution in [0, 0.1) is 5.82 Å². The zero-order valence-electron chi connectivity index (χ0n) is 9.08. The molecule has 0 radical (unpaired) electrons. The first-order valence-corrected chi connectivity index (χ1v) is 5.35. The van der Waals surface area contributed by atoms with Gasteiger partial charge in [0.2, 0.25) is 5.91 Å². The topological polar surface area (TPSA) is 49.3 Å². The van der Waals surface area contributed by atoms with Gasteiger partial charge in [0.05, 0.1) is 0 Å². The van der Waals surface area contributed by atoms with Gasteiger partial charge in [-0.1, -0.05) is 18.2 Å². The van der Waals surface area contributed by atoms with E-state index >= 15 is 0 Å². The minimum absolute atomic E-state index is 0.0146. The lowest BCUT2D eigenvalue weighted by molar-refractivity contribution is -0.121. The highest BCUT2D eigenvalue weighted by molar-refractivity contribution is 5.75. The molecule has 2 N–H and O–H groups in total. The van der Waals surface area contributed by atoms with Gasteiger partial charge in [-0.2, -0.15) is 0 Å². The number of benzene rings is 1. The lowest BCUT2D eigenvalue weighted by Crippen LogP contribution is -2.25. The largest absolute Gasteiger partial charge is 0.396 e. The van der Waals surface area contributed by atoms with Crippen molar-refractivity contribution in [2.75, 3.05) is 13.2 Å². The van der Waals surface area contributed by atoms with E-state index in [1.54, 1.807) is 18.2 Å². The van der Waals surface area contributed by atoms with Crippen LogP contribution in [0.2, 0.25) is 0 Å². The van der Waals surface area contributed by atoms with E-state index in [1.807, 2.05) is 0 Å². The molecule has 0 aliphatic rings. The Balaban J connectivity index is 2.25. The predicted molar refractivity (Wildman–Crippen MR) is 59.4 cm³/mol. The van der Waals surface area contributed by atoms with Crippen molar-refractivity contribution in [3.05, 3.63) is 35.6 Å². The van der Waals surface area contributed by atoms with E-state index < -0.39 is 0 Å². The minimum Gasteiger partial charge on any atom is -0.396 e. The Kier molecular flexibility index (Phi) is 5.50. The number of amides is 1. The monoisotopic (exact) mass is 225 g/mol. The van der Waals surface area contributed by atoms with Crippen LogP contribution in [0.25, 0.3) is 0 Å². The van der Waals surface area contributed by atoms with Gasteiger partial charge in [-0.05, 0) is 24.5 Å². The van der Waals surface area contributed by atoms with Gasteiger partial charge in [-0.15, -0.1) is 0 Å². The number of aliphatic hydroxyl groups excluding tert-OH is 1. The number of hydrogen-bond donors (Lipinski definition) is 2. The Morgan fingerprint density at radius 2 is 2.12 bits per heavy atom. The molecule has 0 aliphatic heterocycles. The highest BCUT2D eigenvalue weighted by Gasteiger charge is 2.02. The summed E-state index contributed by atoms with van der Waals surface area (Å²) in [6.07, 6.45) is 1.26. The first-order chi connectivity index (χ1) is 7.74. The molecule has 0 bridgehead atoms. The second-order valence-corrected chi connectivity index (χ2v) is 3.52. The maximum Gasteiger partial charge on any atom is 0.220 e. The second kappa shape index (κ2) is 6.95. The van der Waals surface area contributed by atoms with E-state index in [2.05, 4.69) is 5.32 Å². The zero-order chi connectivity index (χ0) is 11.8. The van der Waals surface area contributed by atoms with Crippen LogP contribution in [0.5, 0.6) is 0 Å². The molecule has 0 aromatic heterocycles. The minimum atomic E-state index is -0.243. The van der Waals surface area contributed by atoms with Crippen LogP contribution in [0.4, 0.5) is 4.39 Å². The second-order valence-electron chi connectivity index (χ2n) is 3.52. The quantitative estimate of drug-likeness (QED) is 0.765. The molecule has 0 unspecified atom stereocenters. The molecule has 0 atom stereocenters. The number of carbonyl (C=O) groups is 1. The van der Waals surface area contributed by atoms with Crippen LogP contribution in [0.3, 0.4) is 0 Å². The zero-order valence-corrected chi connectivity index (χ0v) is 9.08. The Hall–Kier alpha value is -1.42. The molecule has 0 saturated carbocycles. The third-order valence-electron chi connectivity index (χ3n) is 2.24. The first kappa shape index (κ1) is 12.6. The molecular weight excluding hydrogens is 209 g/mol. The van der Waals surface area contributed by atoms with Gasteiger partial charge in [0.15, 0.2) is 0 Å². The normalized spacial score (nSPS) is 10.1. The van der Waals surface area contributed by atoms with E-state index in [-0.39, 0.29) is 18.3 Å². The average molecular weight is 225 g/mol. The summed E-state index contributed by atoms with van der Waals surface area (Å²) < 4.78 is 13.2. The van der Waals surface area contributed by atoms with Crippen molar-refractivity contribution in [1.82, 2.24) is 5.32 Å².